The zero-order valence-corrected chi connectivity index (χ0v) is 8.24. The van der Waals surface area contributed by atoms with Crippen molar-refractivity contribution in [2.24, 2.45) is 0 Å². The van der Waals surface area contributed by atoms with Gasteiger partial charge in [-0.05, 0) is 20.9 Å². The quantitative estimate of drug-likeness (QED) is 0.722. The smallest absolute Gasteiger partial charge is 0.253 e. The molecule has 1 aromatic heterocycles. The second kappa shape index (κ2) is 4.18. The Hall–Kier alpha value is -1.16. The van der Waals surface area contributed by atoms with Crippen LogP contribution in [0.3, 0.4) is 0 Å². The van der Waals surface area contributed by atoms with Gasteiger partial charge < -0.3 is 5.32 Å². The highest BCUT2D eigenvalue weighted by Crippen LogP contribution is 1.88. The maximum atomic E-state index is 11.4. The topological polar surface area (TPSA) is 46.9 Å². The van der Waals surface area contributed by atoms with Crippen LogP contribution in [0.5, 0.6) is 0 Å². The molecular weight excluding hydrogens is 166 g/mol. The number of aromatic nitrogens is 2. The molecule has 1 unspecified atom stereocenters. The fourth-order valence-corrected chi connectivity index (χ4v) is 1.04. The third kappa shape index (κ3) is 2.66. The Kier molecular flexibility index (Phi) is 3.19. The van der Waals surface area contributed by atoms with Crippen LogP contribution in [0.15, 0.2) is 17.2 Å². The summed E-state index contributed by atoms with van der Waals surface area (Å²) in [6.07, 6.45) is 1.59. The summed E-state index contributed by atoms with van der Waals surface area (Å²) in [6, 6.07) is 1.82. The minimum Gasteiger partial charge on any atom is -0.315 e. The lowest BCUT2D eigenvalue weighted by Gasteiger charge is -2.11. The summed E-state index contributed by atoms with van der Waals surface area (Å²) in [4.78, 5) is 15.4. The van der Waals surface area contributed by atoms with E-state index in [0.717, 1.165) is 5.69 Å². The van der Waals surface area contributed by atoms with Crippen LogP contribution in [0, 0.1) is 6.92 Å². The predicted octanol–water partition coefficient (Wildman–Crippen LogP) is 0.160. The molecule has 0 aliphatic carbocycles. The summed E-state index contributed by atoms with van der Waals surface area (Å²) in [5.41, 5.74) is 0.771. The fourth-order valence-electron chi connectivity index (χ4n) is 1.04. The number of hydrogen-bond acceptors (Lipinski definition) is 3. The molecule has 0 spiro atoms. The van der Waals surface area contributed by atoms with Crippen molar-refractivity contribution in [1.29, 1.82) is 0 Å². The first-order chi connectivity index (χ1) is 6.13. The molecule has 0 fully saturated rings. The Labute approximate surface area is 77.6 Å². The molecule has 0 saturated carbocycles. The summed E-state index contributed by atoms with van der Waals surface area (Å²) in [5, 5.41) is 3.07. The van der Waals surface area contributed by atoms with Gasteiger partial charge in [0.25, 0.3) is 5.56 Å². The standard InChI is InChI=1S/C9H15N3O/c1-7-4-9(13)12(6-11-7)5-8(2)10-3/h4,6,8,10H,5H2,1-3H3. The number of rotatable bonds is 3. The van der Waals surface area contributed by atoms with Crippen LogP contribution in [0.1, 0.15) is 12.6 Å². The van der Waals surface area contributed by atoms with Gasteiger partial charge in [0.15, 0.2) is 0 Å². The van der Waals surface area contributed by atoms with Gasteiger partial charge in [0.1, 0.15) is 0 Å². The first-order valence-corrected chi connectivity index (χ1v) is 4.34. The van der Waals surface area contributed by atoms with Crippen molar-refractivity contribution in [3.63, 3.8) is 0 Å². The van der Waals surface area contributed by atoms with Crippen LogP contribution in [0.4, 0.5) is 0 Å². The molecule has 1 N–H and O–H groups in total. The zero-order valence-electron chi connectivity index (χ0n) is 8.24. The molecular formula is C9H15N3O. The molecule has 0 aliphatic heterocycles. The Morgan fingerprint density at radius 3 is 2.92 bits per heavy atom. The SMILES string of the molecule is CNC(C)Cn1cnc(C)cc1=O. The van der Waals surface area contributed by atoms with E-state index in [0.29, 0.717) is 6.54 Å². The molecule has 0 amide bonds. The highest BCUT2D eigenvalue weighted by molar-refractivity contribution is 4.96. The molecule has 4 heteroatoms. The van der Waals surface area contributed by atoms with Crippen LogP contribution < -0.4 is 10.9 Å². The van der Waals surface area contributed by atoms with Gasteiger partial charge in [0.2, 0.25) is 0 Å². The summed E-state index contributed by atoms with van der Waals surface area (Å²) < 4.78 is 1.61. The second-order valence-corrected chi connectivity index (χ2v) is 3.21. The molecule has 0 aromatic carbocycles. The summed E-state index contributed by atoms with van der Waals surface area (Å²) in [7, 11) is 1.87. The van der Waals surface area contributed by atoms with Crippen LogP contribution in [-0.4, -0.2) is 22.6 Å². The maximum Gasteiger partial charge on any atom is 0.253 e. The molecule has 13 heavy (non-hydrogen) atoms. The minimum atomic E-state index is 0.00889. The van der Waals surface area contributed by atoms with Crippen LogP contribution >= 0.6 is 0 Å². The number of likely N-dealkylation sites (N-methyl/N-ethyl adjacent to an activating group) is 1. The van der Waals surface area contributed by atoms with Gasteiger partial charge in [-0.2, -0.15) is 0 Å². The van der Waals surface area contributed by atoms with Crippen molar-refractivity contribution in [3.05, 3.63) is 28.4 Å². The zero-order chi connectivity index (χ0) is 9.84. The Morgan fingerprint density at radius 1 is 1.69 bits per heavy atom. The molecule has 0 aliphatic rings. The largest absolute Gasteiger partial charge is 0.315 e. The molecule has 4 nitrogen and oxygen atoms in total. The van der Waals surface area contributed by atoms with E-state index in [1.807, 2.05) is 20.9 Å². The Balaban J connectivity index is 2.84. The van der Waals surface area contributed by atoms with Crippen molar-refractivity contribution in [2.45, 2.75) is 26.4 Å². The Bertz CT molecular complexity index is 332. The number of hydrogen-bond donors (Lipinski definition) is 1. The van der Waals surface area contributed by atoms with Gasteiger partial charge >= 0.3 is 0 Å². The lowest BCUT2D eigenvalue weighted by Crippen LogP contribution is -2.32. The van der Waals surface area contributed by atoms with Crippen LogP contribution in [0.2, 0.25) is 0 Å². The van der Waals surface area contributed by atoms with Gasteiger partial charge in [-0.1, -0.05) is 0 Å². The first kappa shape index (κ1) is 9.92. The van der Waals surface area contributed by atoms with Gasteiger partial charge in [-0.15, -0.1) is 0 Å². The van der Waals surface area contributed by atoms with E-state index in [4.69, 9.17) is 0 Å². The summed E-state index contributed by atoms with van der Waals surface area (Å²) in [6.45, 7) is 4.49. The predicted molar refractivity (Wildman–Crippen MR) is 51.8 cm³/mol. The van der Waals surface area contributed by atoms with Gasteiger partial charge in [-0.25, -0.2) is 4.98 Å². The van der Waals surface area contributed by atoms with E-state index >= 15 is 0 Å². The maximum absolute atomic E-state index is 11.4. The van der Waals surface area contributed by atoms with Crippen molar-refractivity contribution in [1.82, 2.24) is 14.9 Å². The number of nitrogens with zero attached hydrogens (tertiary/aromatic N) is 2. The van der Waals surface area contributed by atoms with Crippen LogP contribution in [-0.2, 0) is 6.54 Å². The van der Waals surface area contributed by atoms with Crippen molar-refractivity contribution in [2.75, 3.05) is 7.05 Å². The third-order valence-corrected chi connectivity index (χ3v) is 1.98. The normalized spacial score (nSPS) is 12.8. The highest BCUT2D eigenvalue weighted by Gasteiger charge is 2.01. The lowest BCUT2D eigenvalue weighted by atomic mass is 10.3. The number of nitrogens with one attached hydrogen (secondary N) is 1. The van der Waals surface area contributed by atoms with E-state index in [9.17, 15) is 4.79 Å². The van der Waals surface area contributed by atoms with Crippen molar-refractivity contribution in [3.8, 4) is 0 Å². The van der Waals surface area contributed by atoms with Gasteiger partial charge in [-0.3, -0.25) is 9.36 Å². The molecule has 1 aromatic rings. The van der Waals surface area contributed by atoms with E-state index < -0.39 is 0 Å². The van der Waals surface area contributed by atoms with Crippen molar-refractivity contribution < 1.29 is 0 Å². The second-order valence-electron chi connectivity index (χ2n) is 3.21. The van der Waals surface area contributed by atoms with E-state index in [1.165, 1.54) is 0 Å². The molecule has 1 rings (SSSR count). The van der Waals surface area contributed by atoms with Gasteiger partial charge in [0, 0.05) is 24.3 Å². The summed E-state index contributed by atoms with van der Waals surface area (Å²) >= 11 is 0. The van der Waals surface area contributed by atoms with E-state index in [-0.39, 0.29) is 11.6 Å². The molecule has 1 heterocycles. The van der Waals surface area contributed by atoms with Gasteiger partial charge in [0.05, 0.1) is 6.33 Å². The molecule has 1 atom stereocenters. The molecule has 0 radical (unpaired) electrons. The van der Waals surface area contributed by atoms with Crippen molar-refractivity contribution >= 4 is 0 Å². The third-order valence-electron chi connectivity index (χ3n) is 1.98. The lowest BCUT2D eigenvalue weighted by molar-refractivity contribution is 0.499. The average molecular weight is 181 g/mol. The average Bonchev–Trinajstić information content (AvgIpc) is 2.09. The Morgan fingerprint density at radius 2 is 2.38 bits per heavy atom. The minimum absolute atomic E-state index is 0.00889. The monoisotopic (exact) mass is 181 g/mol. The molecule has 0 saturated heterocycles. The number of aryl methyl sites for hydroxylation is 1. The molecule has 72 valence electrons. The fraction of sp³-hybridized carbons (Fsp3) is 0.556. The summed E-state index contributed by atoms with van der Waals surface area (Å²) in [5.74, 6) is 0. The first-order valence-electron chi connectivity index (χ1n) is 4.34. The molecule has 0 bridgehead atoms. The van der Waals surface area contributed by atoms with E-state index in [2.05, 4.69) is 10.3 Å². The van der Waals surface area contributed by atoms with E-state index in [1.54, 1.807) is 17.0 Å². The highest BCUT2D eigenvalue weighted by atomic mass is 16.1. The van der Waals surface area contributed by atoms with Crippen LogP contribution in [0.25, 0.3) is 0 Å².